The summed E-state index contributed by atoms with van der Waals surface area (Å²) in [7, 11) is 1.35. The van der Waals surface area contributed by atoms with Crippen molar-refractivity contribution in [1.29, 1.82) is 0 Å². The summed E-state index contributed by atoms with van der Waals surface area (Å²) in [6.07, 6.45) is 7.77. The van der Waals surface area contributed by atoms with Crippen molar-refractivity contribution in [3.63, 3.8) is 0 Å². The van der Waals surface area contributed by atoms with E-state index in [2.05, 4.69) is 10.3 Å². The van der Waals surface area contributed by atoms with Gasteiger partial charge in [-0.3, -0.25) is 9.78 Å². The fourth-order valence-electron chi connectivity index (χ4n) is 3.06. The number of hydrogen-bond acceptors (Lipinski definition) is 5. The van der Waals surface area contributed by atoms with Gasteiger partial charge in [0.25, 0.3) is 5.91 Å². The SMILES string of the molecule is COC(=O)c1ccc(Nc2cncc(C(=O)N3CCCCCC3)c2)cc1. The third-order valence-corrected chi connectivity index (χ3v) is 4.47. The maximum Gasteiger partial charge on any atom is 0.337 e. The standard InChI is InChI=1S/C20H23N3O3/c1-26-20(25)15-6-8-17(9-7-15)22-18-12-16(13-21-14-18)19(24)23-10-4-2-3-5-11-23/h6-9,12-14,22H,2-5,10-11H2,1H3. The lowest BCUT2D eigenvalue weighted by molar-refractivity contribution is 0.0600. The van der Waals surface area contributed by atoms with Gasteiger partial charge in [-0.05, 0) is 43.2 Å². The fraction of sp³-hybridized carbons (Fsp3) is 0.350. The van der Waals surface area contributed by atoms with E-state index in [-0.39, 0.29) is 11.9 Å². The number of pyridine rings is 1. The second-order valence-electron chi connectivity index (χ2n) is 6.36. The van der Waals surface area contributed by atoms with Crippen molar-refractivity contribution in [1.82, 2.24) is 9.88 Å². The van der Waals surface area contributed by atoms with Crippen LogP contribution in [0.1, 0.15) is 46.4 Å². The number of carbonyl (C=O) groups excluding carboxylic acids is 2. The zero-order valence-electron chi connectivity index (χ0n) is 14.9. The zero-order chi connectivity index (χ0) is 18.4. The van der Waals surface area contributed by atoms with Gasteiger partial charge in [-0.15, -0.1) is 0 Å². The highest BCUT2D eigenvalue weighted by atomic mass is 16.5. The van der Waals surface area contributed by atoms with Crippen LogP contribution >= 0.6 is 0 Å². The number of methoxy groups -OCH3 is 1. The lowest BCUT2D eigenvalue weighted by atomic mass is 10.2. The molecule has 1 aromatic heterocycles. The first-order chi connectivity index (χ1) is 12.7. The molecule has 2 heterocycles. The van der Waals surface area contributed by atoms with Crippen molar-refractivity contribution in [3.8, 4) is 0 Å². The Bertz CT molecular complexity index is 766. The van der Waals surface area contributed by atoms with Crippen LogP contribution in [0.15, 0.2) is 42.7 Å². The van der Waals surface area contributed by atoms with E-state index in [1.165, 1.54) is 20.0 Å². The number of ether oxygens (including phenoxy) is 1. The van der Waals surface area contributed by atoms with Gasteiger partial charge in [0.1, 0.15) is 0 Å². The van der Waals surface area contributed by atoms with Crippen LogP contribution in [0.2, 0.25) is 0 Å². The molecule has 6 nitrogen and oxygen atoms in total. The Balaban J connectivity index is 1.70. The molecule has 1 N–H and O–H groups in total. The largest absolute Gasteiger partial charge is 0.465 e. The molecule has 6 heteroatoms. The van der Waals surface area contributed by atoms with E-state index in [9.17, 15) is 9.59 Å². The third kappa shape index (κ3) is 4.39. The van der Waals surface area contributed by atoms with E-state index >= 15 is 0 Å². The number of esters is 1. The van der Waals surface area contributed by atoms with Crippen LogP contribution in [0.5, 0.6) is 0 Å². The van der Waals surface area contributed by atoms with Crippen LogP contribution < -0.4 is 5.32 Å². The van der Waals surface area contributed by atoms with E-state index < -0.39 is 0 Å². The molecule has 3 rings (SSSR count). The summed E-state index contributed by atoms with van der Waals surface area (Å²) in [4.78, 5) is 30.3. The Morgan fingerprint density at radius 3 is 2.31 bits per heavy atom. The molecule has 136 valence electrons. The van der Waals surface area contributed by atoms with Gasteiger partial charge in [0.15, 0.2) is 0 Å². The van der Waals surface area contributed by atoms with Crippen molar-refractivity contribution in [2.75, 3.05) is 25.5 Å². The molecule has 2 aromatic rings. The summed E-state index contributed by atoms with van der Waals surface area (Å²) >= 11 is 0. The summed E-state index contributed by atoms with van der Waals surface area (Å²) in [5.41, 5.74) is 2.61. The average Bonchev–Trinajstić information content (AvgIpc) is 2.97. The Hall–Kier alpha value is -2.89. The van der Waals surface area contributed by atoms with E-state index in [1.807, 2.05) is 11.0 Å². The van der Waals surface area contributed by atoms with E-state index in [4.69, 9.17) is 4.74 Å². The number of amides is 1. The second-order valence-corrected chi connectivity index (χ2v) is 6.36. The molecule has 1 aliphatic rings. The molecule has 26 heavy (non-hydrogen) atoms. The smallest absolute Gasteiger partial charge is 0.337 e. The Labute approximate surface area is 153 Å². The molecular weight excluding hydrogens is 330 g/mol. The van der Waals surface area contributed by atoms with Crippen molar-refractivity contribution in [3.05, 3.63) is 53.9 Å². The fourth-order valence-corrected chi connectivity index (χ4v) is 3.06. The van der Waals surface area contributed by atoms with Gasteiger partial charge in [0, 0.05) is 25.0 Å². The van der Waals surface area contributed by atoms with Crippen LogP contribution in [-0.4, -0.2) is 42.0 Å². The number of carbonyl (C=O) groups is 2. The lowest BCUT2D eigenvalue weighted by Gasteiger charge is -2.20. The summed E-state index contributed by atoms with van der Waals surface area (Å²) < 4.78 is 4.69. The Morgan fingerprint density at radius 2 is 1.65 bits per heavy atom. The number of nitrogens with zero attached hydrogens (tertiary/aromatic N) is 2. The number of aromatic nitrogens is 1. The van der Waals surface area contributed by atoms with Crippen LogP contribution in [0.25, 0.3) is 0 Å². The first-order valence-corrected chi connectivity index (χ1v) is 8.87. The van der Waals surface area contributed by atoms with E-state index in [0.29, 0.717) is 11.1 Å². The molecule has 0 bridgehead atoms. The van der Waals surface area contributed by atoms with Gasteiger partial charge >= 0.3 is 5.97 Å². The van der Waals surface area contributed by atoms with Crippen molar-refractivity contribution in [2.45, 2.75) is 25.7 Å². The minimum absolute atomic E-state index is 0.0316. The molecule has 0 aliphatic carbocycles. The third-order valence-electron chi connectivity index (χ3n) is 4.47. The van der Waals surface area contributed by atoms with E-state index in [1.54, 1.807) is 36.7 Å². The van der Waals surface area contributed by atoms with Crippen LogP contribution in [-0.2, 0) is 4.74 Å². The summed E-state index contributed by atoms with van der Waals surface area (Å²) in [5.74, 6) is -0.340. The molecule has 1 saturated heterocycles. The topological polar surface area (TPSA) is 71.5 Å². The number of hydrogen-bond donors (Lipinski definition) is 1. The number of likely N-dealkylation sites (tertiary alicyclic amines) is 1. The molecule has 1 amide bonds. The lowest BCUT2D eigenvalue weighted by Crippen LogP contribution is -2.31. The molecule has 0 saturated carbocycles. The van der Waals surface area contributed by atoms with Crippen molar-refractivity contribution < 1.29 is 14.3 Å². The minimum atomic E-state index is -0.372. The molecule has 0 unspecified atom stereocenters. The van der Waals surface area contributed by atoms with Crippen molar-refractivity contribution >= 4 is 23.3 Å². The van der Waals surface area contributed by atoms with Gasteiger partial charge in [0.05, 0.1) is 30.1 Å². The van der Waals surface area contributed by atoms with Gasteiger partial charge in [0.2, 0.25) is 0 Å². The zero-order valence-corrected chi connectivity index (χ0v) is 14.9. The maximum atomic E-state index is 12.7. The number of rotatable bonds is 4. The van der Waals surface area contributed by atoms with Crippen LogP contribution in [0.3, 0.4) is 0 Å². The van der Waals surface area contributed by atoms with Crippen molar-refractivity contribution in [2.24, 2.45) is 0 Å². The monoisotopic (exact) mass is 353 g/mol. The highest BCUT2D eigenvalue weighted by molar-refractivity contribution is 5.95. The number of nitrogens with one attached hydrogen (secondary N) is 1. The Kier molecular flexibility index (Phi) is 5.84. The molecular formula is C20H23N3O3. The molecule has 1 fully saturated rings. The quantitative estimate of drug-likeness (QED) is 0.850. The molecule has 0 spiro atoms. The first kappa shape index (κ1) is 17.9. The predicted molar refractivity (Wildman–Crippen MR) is 99.7 cm³/mol. The summed E-state index contributed by atoms with van der Waals surface area (Å²) in [6.45, 7) is 1.62. The molecule has 0 atom stereocenters. The van der Waals surface area contributed by atoms with Crippen LogP contribution in [0.4, 0.5) is 11.4 Å². The highest BCUT2D eigenvalue weighted by Crippen LogP contribution is 2.19. The summed E-state index contributed by atoms with van der Waals surface area (Å²) in [5, 5.41) is 3.21. The Morgan fingerprint density at radius 1 is 0.962 bits per heavy atom. The molecule has 1 aromatic carbocycles. The maximum absolute atomic E-state index is 12.7. The summed E-state index contributed by atoms with van der Waals surface area (Å²) in [6, 6.07) is 8.77. The van der Waals surface area contributed by atoms with Crippen LogP contribution in [0, 0.1) is 0 Å². The normalized spacial score (nSPS) is 14.4. The second kappa shape index (κ2) is 8.47. The average molecular weight is 353 g/mol. The van der Waals surface area contributed by atoms with Gasteiger partial charge < -0.3 is 15.0 Å². The molecule has 1 aliphatic heterocycles. The van der Waals surface area contributed by atoms with Gasteiger partial charge in [-0.2, -0.15) is 0 Å². The van der Waals surface area contributed by atoms with E-state index in [0.717, 1.165) is 37.3 Å². The first-order valence-electron chi connectivity index (χ1n) is 8.87. The van der Waals surface area contributed by atoms with Gasteiger partial charge in [-0.1, -0.05) is 12.8 Å². The predicted octanol–water partition coefficient (Wildman–Crippen LogP) is 3.63. The number of anilines is 2. The number of benzene rings is 1. The van der Waals surface area contributed by atoms with Gasteiger partial charge in [-0.25, -0.2) is 4.79 Å². The minimum Gasteiger partial charge on any atom is -0.465 e. The highest BCUT2D eigenvalue weighted by Gasteiger charge is 2.18. The molecule has 0 radical (unpaired) electrons.